The predicted molar refractivity (Wildman–Crippen MR) is 79.7 cm³/mol. The van der Waals surface area contributed by atoms with Crippen LogP contribution in [-0.2, 0) is 4.74 Å². The molecule has 102 valence electrons. The summed E-state index contributed by atoms with van der Waals surface area (Å²) in [7, 11) is 1.40. The van der Waals surface area contributed by atoms with Crippen molar-refractivity contribution in [2.75, 3.05) is 30.4 Å². The van der Waals surface area contributed by atoms with Crippen LogP contribution in [0.25, 0.3) is 0 Å². The molecule has 0 radical (unpaired) electrons. The number of esters is 1. The number of anilines is 3. The van der Waals surface area contributed by atoms with Crippen LogP contribution in [0.3, 0.4) is 0 Å². The van der Waals surface area contributed by atoms with Gasteiger partial charge in [-0.1, -0.05) is 18.2 Å². The molecule has 4 nitrogen and oxygen atoms in total. The van der Waals surface area contributed by atoms with Gasteiger partial charge in [0.15, 0.2) is 0 Å². The molecule has 0 amide bonds. The molecule has 0 saturated heterocycles. The van der Waals surface area contributed by atoms with Gasteiger partial charge in [0.25, 0.3) is 0 Å². The molecule has 0 fully saturated rings. The molecule has 1 heterocycles. The van der Waals surface area contributed by atoms with Crippen molar-refractivity contribution >= 4 is 23.0 Å². The molecule has 0 saturated carbocycles. The monoisotopic (exact) mass is 268 g/mol. The van der Waals surface area contributed by atoms with E-state index in [1.807, 2.05) is 30.3 Å². The SMILES string of the molecule is COC(=O)c1cccc(N2CCNc3ccccc32)c1. The first-order chi connectivity index (χ1) is 9.79. The third-order valence-corrected chi connectivity index (χ3v) is 3.42. The van der Waals surface area contributed by atoms with Gasteiger partial charge in [-0.25, -0.2) is 4.79 Å². The minimum absolute atomic E-state index is 0.310. The summed E-state index contributed by atoms with van der Waals surface area (Å²) in [6, 6.07) is 15.7. The van der Waals surface area contributed by atoms with E-state index in [2.05, 4.69) is 22.3 Å². The Hall–Kier alpha value is -2.49. The Morgan fingerprint density at radius 2 is 2.05 bits per heavy atom. The van der Waals surface area contributed by atoms with Gasteiger partial charge in [-0.15, -0.1) is 0 Å². The highest BCUT2D eigenvalue weighted by Crippen LogP contribution is 2.34. The molecule has 1 aliphatic rings. The average Bonchev–Trinajstić information content (AvgIpc) is 2.53. The molecule has 20 heavy (non-hydrogen) atoms. The second-order valence-corrected chi connectivity index (χ2v) is 4.64. The molecule has 0 bridgehead atoms. The summed E-state index contributed by atoms with van der Waals surface area (Å²) >= 11 is 0. The van der Waals surface area contributed by atoms with Gasteiger partial charge in [0.1, 0.15) is 0 Å². The van der Waals surface area contributed by atoms with Crippen LogP contribution in [0.5, 0.6) is 0 Å². The van der Waals surface area contributed by atoms with Gasteiger partial charge in [0.05, 0.1) is 24.0 Å². The number of methoxy groups -OCH3 is 1. The normalized spacial score (nSPS) is 13.3. The van der Waals surface area contributed by atoms with Gasteiger partial charge in [-0.05, 0) is 30.3 Å². The van der Waals surface area contributed by atoms with Crippen molar-refractivity contribution in [3.63, 3.8) is 0 Å². The first kappa shape index (κ1) is 12.5. The van der Waals surface area contributed by atoms with E-state index in [0.717, 1.165) is 30.2 Å². The molecule has 1 N–H and O–H groups in total. The average molecular weight is 268 g/mol. The third-order valence-electron chi connectivity index (χ3n) is 3.42. The Morgan fingerprint density at radius 3 is 2.90 bits per heavy atom. The van der Waals surface area contributed by atoms with Crippen molar-refractivity contribution in [2.24, 2.45) is 0 Å². The number of para-hydroxylation sites is 2. The van der Waals surface area contributed by atoms with Gasteiger partial charge in [0.2, 0.25) is 0 Å². The van der Waals surface area contributed by atoms with E-state index < -0.39 is 0 Å². The number of nitrogens with one attached hydrogen (secondary N) is 1. The Kier molecular flexibility index (Phi) is 3.29. The summed E-state index contributed by atoms with van der Waals surface area (Å²) in [6.45, 7) is 1.74. The van der Waals surface area contributed by atoms with Crippen LogP contribution in [0.1, 0.15) is 10.4 Å². The van der Waals surface area contributed by atoms with Gasteiger partial charge in [-0.2, -0.15) is 0 Å². The Bertz CT molecular complexity index is 640. The summed E-state index contributed by atoms with van der Waals surface area (Å²) in [4.78, 5) is 13.8. The summed E-state index contributed by atoms with van der Waals surface area (Å²) in [5.41, 5.74) is 3.81. The van der Waals surface area contributed by atoms with E-state index >= 15 is 0 Å². The van der Waals surface area contributed by atoms with Crippen LogP contribution in [0.2, 0.25) is 0 Å². The largest absolute Gasteiger partial charge is 0.465 e. The highest BCUT2D eigenvalue weighted by atomic mass is 16.5. The number of carbonyl (C=O) groups is 1. The van der Waals surface area contributed by atoms with E-state index in [0.29, 0.717) is 5.56 Å². The van der Waals surface area contributed by atoms with Crippen LogP contribution in [0.15, 0.2) is 48.5 Å². The fraction of sp³-hybridized carbons (Fsp3) is 0.188. The highest BCUT2D eigenvalue weighted by Gasteiger charge is 2.18. The lowest BCUT2D eigenvalue weighted by atomic mass is 10.1. The molecule has 1 aliphatic heterocycles. The van der Waals surface area contributed by atoms with Crippen molar-refractivity contribution in [2.45, 2.75) is 0 Å². The van der Waals surface area contributed by atoms with Crippen molar-refractivity contribution in [1.82, 2.24) is 0 Å². The summed E-state index contributed by atoms with van der Waals surface area (Å²) in [6.07, 6.45) is 0. The van der Waals surface area contributed by atoms with Crippen molar-refractivity contribution in [1.29, 1.82) is 0 Å². The van der Waals surface area contributed by atoms with Crippen LogP contribution < -0.4 is 10.2 Å². The number of benzene rings is 2. The first-order valence-corrected chi connectivity index (χ1v) is 6.58. The second kappa shape index (κ2) is 5.25. The molecule has 2 aromatic carbocycles. The third kappa shape index (κ3) is 2.20. The molecule has 0 aromatic heterocycles. The zero-order valence-electron chi connectivity index (χ0n) is 11.3. The minimum atomic E-state index is -0.310. The molecule has 0 aliphatic carbocycles. The number of hydrogen-bond acceptors (Lipinski definition) is 4. The fourth-order valence-corrected chi connectivity index (χ4v) is 2.47. The standard InChI is InChI=1S/C16H16N2O2/c1-20-16(19)12-5-4-6-13(11-12)18-10-9-17-14-7-2-3-8-15(14)18/h2-8,11,17H,9-10H2,1H3. The zero-order chi connectivity index (χ0) is 13.9. The predicted octanol–water partition coefficient (Wildman–Crippen LogP) is 3.04. The van der Waals surface area contributed by atoms with E-state index in [1.54, 1.807) is 6.07 Å². The second-order valence-electron chi connectivity index (χ2n) is 4.64. The number of rotatable bonds is 2. The van der Waals surface area contributed by atoms with Gasteiger partial charge in [0, 0.05) is 18.8 Å². The fourth-order valence-electron chi connectivity index (χ4n) is 2.47. The minimum Gasteiger partial charge on any atom is -0.465 e. The molecular weight excluding hydrogens is 252 g/mol. The lowest BCUT2D eigenvalue weighted by Crippen LogP contribution is -2.30. The van der Waals surface area contributed by atoms with E-state index in [1.165, 1.54) is 7.11 Å². The Balaban J connectivity index is 2.00. The van der Waals surface area contributed by atoms with Gasteiger partial charge >= 0.3 is 5.97 Å². The lowest BCUT2D eigenvalue weighted by Gasteiger charge is -2.32. The van der Waals surface area contributed by atoms with E-state index in [4.69, 9.17) is 4.74 Å². The lowest BCUT2D eigenvalue weighted by molar-refractivity contribution is 0.0601. The van der Waals surface area contributed by atoms with Crippen LogP contribution in [0.4, 0.5) is 17.1 Å². The summed E-state index contributed by atoms with van der Waals surface area (Å²) in [5.74, 6) is -0.310. The molecule has 3 rings (SSSR count). The van der Waals surface area contributed by atoms with Crippen LogP contribution in [-0.4, -0.2) is 26.2 Å². The number of nitrogens with zero attached hydrogens (tertiary/aromatic N) is 1. The number of ether oxygens (including phenoxy) is 1. The number of carbonyl (C=O) groups excluding carboxylic acids is 1. The molecule has 0 unspecified atom stereocenters. The first-order valence-electron chi connectivity index (χ1n) is 6.58. The molecular formula is C16H16N2O2. The van der Waals surface area contributed by atoms with Crippen molar-refractivity contribution in [3.8, 4) is 0 Å². The molecule has 0 atom stereocenters. The van der Waals surface area contributed by atoms with Crippen LogP contribution in [0, 0.1) is 0 Å². The molecule has 4 heteroatoms. The van der Waals surface area contributed by atoms with Gasteiger partial charge < -0.3 is 15.0 Å². The number of fused-ring (bicyclic) bond motifs is 1. The Labute approximate surface area is 118 Å². The van der Waals surface area contributed by atoms with Crippen molar-refractivity contribution < 1.29 is 9.53 Å². The highest BCUT2D eigenvalue weighted by molar-refractivity contribution is 5.91. The van der Waals surface area contributed by atoms with Crippen LogP contribution >= 0.6 is 0 Å². The quantitative estimate of drug-likeness (QED) is 0.850. The summed E-state index contributed by atoms with van der Waals surface area (Å²) in [5, 5.41) is 3.38. The zero-order valence-corrected chi connectivity index (χ0v) is 11.3. The Morgan fingerprint density at radius 1 is 1.20 bits per heavy atom. The van der Waals surface area contributed by atoms with E-state index in [-0.39, 0.29) is 5.97 Å². The van der Waals surface area contributed by atoms with E-state index in [9.17, 15) is 4.79 Å². The summed E-state index contributed by atoms with van der Waals surface area (Å²) < 4.78 is 4.78. The van der Waals surface area contributed by atoms with Crippen molar-refractivity contribution in [3.05, 3.63) is 54.1 Å². The maximum absolute atomic E-state index is 11.6. The molecule has 0 spiro atoms. The number of hydrogen-bond donors (Lipinski definition) is 1. The topological polar surface area (TPSA) is 41.6 Å². The maximum atomic E-state index is 11.6. The van der Waals surface area contributed by atoms with Gasteiger partial charge in [-0.3, -0.25) is 0 Å². The maximum Gasteiger partial charge on any atom is 0.337 e. The molecule has 2 aromatic rings. The smallest absolute Gasteiger partial charge is 0.337 e.